The van der Waals surface area contributed by atoms with Gasteiger partial charge in [0.25, 0.3) is 10.0 Å². The molecule has 0 aliphatic rings. The van der Waals surface area contributed by atoms with E-state index in [-0.39, 0.29) is 15.2 Å². The van der Waals surface area contributed by atoms with Gasteiger partial charge in [-0.25, -0.2) is 22.4 Å². The number of nitrogens with zero attached hydrogens (tertiary/aromatic N) is 3. The molecule has 2 aromatic heterocycles. The zero-order chi connectivity index (χ0) is 14.3. The van der Waals surface area contributed by atoms with E-state index in [0.29, 0.717) is 10.5 Å². The molecule has 3 aromatic rings. The summed E-state index contributed by atoms with van der Waals surface area (Å²) in [5.74, 6) is 0. The molecule has 0 amide bonds. The molecule has 0 aliphatic carbocycles. The highest BCUT2D eigenvalue weighted by Gasteiger charge is 2.20. The van der Waals surface area contributed by atoms with E-state index in [9.17, 15) is 8.42 Å². The van der Waals surface area contributed by atoms with Gasteiger partial charge in [-0.15, -0.1) is 0 Å². The van der Waals surface area contributed by atoms with Crippen LogP contribution in [0.1, 0.15) is 0 Å². The highest BCUT2D eigenvalue weighted by molar-refractivity contribution is 7.90. The number of H-pyrrole nitrogens is 1. The minimum absolute atomic E-state index is 0.109. The van der Waals surface area contributed by atoms with Gasteiger partial charge in [0.15, 0.2) is 10.3 Å². The third-order valence-electron chi connectivity index (χ3n) is 2.69. The molecule has 2 heterocycles. The summed E-state index contributed by atoms with van der Waals surface area (Å²) in [6.07, 6.45) is 2.53. The number of nitrogens with one attached hydrogen (secondary N) is 1. The number of aromatic amines is 1. The summed E-state index contributed by atoms with van der Waals surface area (Å²) < 4.78 is 26.3. The van der Waals surface area contributed by atoms with Crippen LogP contribution in [0.5, 0.6) is 0 Å². The summed E-state index contributed by atoms with van der Waals surface area (Å²) >= 11 is 10.8. The Labute approximate surface area is 124 Å². The topological polar surface area (TPSA) is 80.6 Å². The van der Waals surface area contributed by atoms with Gasteiger partial charge in [-0.3, -0.25) is 0 Å². The fourth-order valence-corrected chi connectivity index (χ4v) is 3.32. The van der Waals surface area contributed by atoms with Crippen molar-refractivity contribution in [2.45, 2.75) is 4.90 Å². The number of hydrogen-bond donors (Lipinski definition) is 1. The first-order chi connectivity index (χ1) is 9.50. The highest BCUT2D eigenvalue weighted by atomic mass is 35.5. The Morgan fingerprint density at radius 1 is 1.20 bits per heavy atom. The Bertz CT molecular complexity index is 944. The van der Waals surface area contributed by atoms with Gasteiger partial charge in [-0.2, -0.15) is 0 Å². The van der Waals surface area contributed by atoms with Crippen LogP contribution in [-0.2, 0) is 10.0 Å². The molecule has 102 valence electrons. The van der Waals surface area contributed by atoms with Crippen molar-refractivity contribution >= 4 is 45.0 Å². The van der Waals surface area contributed by atoms with E-state index in [2.05, 4.69) is 15.0 Å². The van der Waals surface area contributed by atoms with Crippen molar-refractivity contribution in [2.24, 2.45) is 0 Å². The lowest BCUT2D eigenvalue weighted by atomic mass is 10.4. The van der Waals surface area contributed by atoms with Crippen LogP contribution < -0.4 is 0 Å². The normalized spacial score (nSPS) is 11.8. The largest absolute Gasteiger partial charge is 0.330 e. The van der Waals surface area contributed by atoms with E-state index >= 15 is 0 Å². The summed E-state index contributed by atoms with van der Waals surface area (Å²) in [5.41, 5.74) is 0.611. The van der Waals surface area contributed by atoms with Gasteiger partial charge in [-0.05, 0) is 24.3 Å². The van der Waals surface area contributed by atoms with Crippen molar-refractivity contribution in [1.82, 2.24) is 18.9 Å². The fourth-order valence-electron chi connectivity index (χ4n) is 1.74. The summed E-state index contributed by atoms with van der Waals surface area (Å²) in [6, 6.07) is 5.88. The molecular weight excluding hydrogens is 320 g/mol. The van der Waals surface area contributed by atoms with Crippen LogP contribution in [0.4, 0.5) is 0 Å². The summed E-state index contributed by atoms with van der Waals surface area (Å²) in [4.78, 5) is 10.7. The van der Waals surface area contributed by atoms with Gasteiger partial charge < -0.3 is 4.98 Å². The van der Waals surface area contributed by atoms with Gasteiger partial charge >= 0.3 is 0 Å². The highest BCUT2D eigenvalue weighted by Crippen LogP contribution is 2.20. The maximum Gasteiger partial charge on any atom is 0.270 e. The van der Waals surface area contributed by atoms with Gasteiger partial charge in [0.2, 0.25) is 0 Å². The number of halogens is 1. The average Bonchev–Trinajstić information content (AvgIpc) is 2.85. The maximum atomic E-state index is 12.5. The quantitative estimate of drug-likeness (QED) is 0.731. The maximum absolute atomic E-state index is 12.5. The van der Waals surface area contributed by atoms with Crippen LogP contribution in [0.2, 0.25) is 5.02 Å². The van der Waals surface area contributed by atoms with Crippen molar-refractivity contribution in [3.63, 3.8) is 0 Å². The molecule has 0 atom stereocenters. The van der Waals surface area contributed by atoms with Crippen molar-refractivity contribution < 1.29 is 8.42 Å². The SMILES string of the molecule is O=S(=O)(c1ccc(Cl)cc1)n1cnc2c(=S)nc[nH]c21. The van der Waals surface area contributed by atoms with Crippen molar-refractivity contribution in [3.05, 3.63) is 46.6 Å². The van der Waals surface area contributed by atoms with Gasteiger partial charge in [0.05, 0.1) is 11.2 Å². The predicted molar refractivity (Wildman–Crippen MR) is 76.7 cm³/mol. The van der Waals surface area contributed by atoms with Crippen molar-refractivity contribution in [2.75, 3.05) is 0 Å². The zero-order valence-corrected chi connectivity index (χ0v) is 12.2. The molecule has 0 fully saturated rings. The monoisotopic (exact) mass is 326 g/mol. The van der Waals surface area contributed by atoms with E-state index in [1.807, 2.05) is 0 Å². The molecule has 0 saturated carbocycles. The molecule has 9 heteroatoms. The lowest BCUT2D eigenvalue weighted by molar-refractivity contribution is 0.588. The summed E-state index contributed by atoms with van der Waals surface area (Å²) in [6.45, 7) is 0. The second-order valence-corrected chi connectivity index (χ2v) is 6.54. The second-order valence-electron chi connectivity index (χ2n) is 3.90. The molecule has 0 aliphatic heterocycles. The standard InChI is InChI=1S/C11H7ClN4O2S2/c12-7-1-3-8(4-2-7)20(17,18)16-6-15-9-10(16)13-5-14-11(9)19/h1-6H,(H,13,14,19). The minimum Gasteiger partial charge on any atom is -0.330 e. The summed E-state index contributed by atoms with van der Waals surface area (Å²) in [5, 5.41) is 0.461. The third-order valence-corrected chi connectivity index (χ3v) is 4.91. The van der Waals surface area contributed by atoms with Crippen LogP contribution >= 0.6 is 23.8 Å². The number of benzene rings is 1. The number of rotatable bonds is 2. The molecule has 0 bridgehead atoms. The predicted octanol–water partition coefficient (Wildman–Crippen LogP) is 2.38. The Morgan fingerprint density at radius 3 is 2.60 bits per heavy atom. The Morgan fingerprint density at radius 2 is 1.90 bits per heavy atom. The molecule has 0 unspecified atom stereocenters. The van der Waals surface area contributed by atoms with Gasteiger partial charge in [0, 0.05) is 5.02 Å². The molecule has 0 spiro atoms. The lowest BCUT2D eigenvalue weighted by Gasteiger charge is -2.06. The van der Waals surface area contributed by atoms with Crippen LogP contribution in [0, 0.1) is 4.64 Å². The van der Waals surface area contributed by atoms with E-state index in [1.165, 1.54) is 36.9 Å². The molecule has 6 nitrogen and oxygen atoms in total. The van der Waals surface area contributed by atoms with Crippen LogP contribution in [-0.4, -0.2) is 27.3 Å². The van der Waals surface area contributed by atoms with Crippen LogP contribution in [0.3, 0.4) is 0 Å². The summed E-state index contributed by atoms with van der Waals surface area (Å²) in [7, 11) is -3.77. The number of imidazole rings is 1. The van der Waals surface area contributed by atoms with Crippen molar-refractivity contribution in [3.8, 4) is 0 Å². The third kappa shape index (κ3) is 2.01. The Hall–Kier alpha value is -1.77. The average molecular weight is 327 g/mol. The van der Waals surface area contributed by atoms with Gasteiger partial charge in [0.1, 0.15) is 11.8 Å². The number of hydrogen-bond acceptors (Lipinski definition) is 5. The molecule has 1 aromatic carbocycles. The minimum atomic E-state index is -3.77. The first-order valence-corrected chi connectivity index (χ1v) is 7.64. The Balaban J connectivity index is 2.27. The first-order valence-electron chi connectivity index (χ1n) is 5.42. The Kier molecular flexibility index (Phi) is 3.08. The fraction of sp³-hybridized carbons (Fsp3) is 0. The smallest absolute Gasteiger partial charge is 0.270 e. The van der Waals surface area contributed by atoms with Crippen LogP contribution in [0.15, 0.2) is 41.8 Å². The van der Waals surface area contributed by atoms with E-state index in [4.69, 9.17) is 23.8 Å². The molecular formula is C11H7ClN4O2S2. The zero-order valence-electron chi connectivity index (χ0n) is 9.82. The number of fused-ring (bicyclic) bond motifs is 1. The van der Waals surface area contributed by atoms with E-state index in [0.717, 1.165) is 3.97 Å². The second kappa shape index (κ2) is 4.65. The number of aromatic nitrogens is 4. The molecule has 0 saturated heterocycles. The van der Waals surface area contributed by atoms with Crippen molar-refractivity contribution in [1.29, 1.82) is 0 Å². The van der Waals surface area contributed by atoms with Crippen LogP contribution in [0.25, 0.3) is 11.2 Å². The van der Waals surface area contributed by atoms with E-state index < -0.39 is 10.0 Å². The molecule has 1 N–H and O–H groups in total. The van der Waals surface area contributed by atoms with Gasteiger partial charge in [-0.1, -0.05) is 23.8 Å². The molecule has 0 radical (unpaired) electrons. The first kappa shape index (κ1) is 13.2. The van der Waals surface area contributed by atoms with E-state index in [1.54, 1.807) is 0 Å². The lowest BCUT2D eigenvalue weighted by Crippen LogP contribution is -2.12. The molecule has 20 heavy (non-hydrogen) atoms. The molecule has 3 rings (SSSR count).